The average Bonchev–Trinajstić information content (AvgIpc) is 2.44. The molecule has 0 aliphatic carbocycles. The van der Waals surface area contributed by atoms with E-state index in [1.807, 2.05) is 0 Å². The maximum Gasteiger partial charge on any atom is 0.287 e. The highest BCUT2D eigenvalue weighted by Gasteiger charge is 2.42. The molecule has 1 aliphatic rings. The Morgan fingerprint density at radius 1 is 1.31 bits per heavy atom. The van der Waals surface area contributed by atoms with Crippen molar-refractivity contribution in [2.24, 2.45) is 0 Å². The van der Waals surface area contributed by atoms with Gasteiger partial charge in [-0.25, -0.2) is 0 Å². The normalized spacial score (nSPS) is 24.6. The lowest BCUT2D eigenvalue weighted by atomic mass is 9.94. The molecule has 1 aromatic rings. The van der Waals surface area contributed by atoms with Gasteiger partial charge in [-0.05, 0) is 24.6 Å². The predicted molar refractivity (Wildman–Crippen MR) is 61.3 cm³/mol. The van der Waals surface area contributed by atoms with Gasteiger partial charge in [0.2, 0.25) is 5.12 Å². The number of phenols is 1. The molecule has 0 saturated carbocycles. The Hall–Kier alpha value is -1.49. The molecule has 84 valence electrons. The number of amides is 1. The van der Waals surface area contributed by atoms with Gasteiger partial charge in [-0.1, -0.05) is 12.1 Å². The average molecular weight is 237 g/mol. The van der Waals surface area contributed by atoms with Gasteiger partial charge in [0.05, 0.1) is 0 Å². The second kappa shape index (κ2) is 3.83. The van der Waals surface area contributed by atoms with Crippen molar-refractivity contribution in [1.29, 1.82) is 0 Å². The molecule has 0 aromatic heterocycles. The van der Waals surface area contributed by atoms with E-state index in [2.05, 4.69) is 5.32 Å². The van der Waals surface area contributed by atoms with Gasteiger partial charge in [-0.3, -0.25) is 9.59 Å². The third-order valence-corrected chi connectivity index (χ3v) is 3.43. The number of nitrogens with one attached hydrogen (secondary N) is 1. The maximum atomic E-state index is 11.6. The van der Waals surface area contributed by atoms with Crippen molar-refractivity contribution in [3.63, 3.8) is 0 Å². The molecule has 1 heterocycles. The minimum absolute atomic E-state index is 0.162. The highest BCUT2D eigenvalue weighted by Crippen LogP contribution is 2.28. The topological polar surface area (TPSA) is 66.4 Å². The summed E-state index contributed by atoms with van der Waals surface area (Å²) in [6, 6.07) is 6.60. The number of phenolic OH excluding ortho intramolecular Hbond substituents is 1. The van der Waals surface area contributed by atoms with E-state index in [1.54, 1.807) is 31.2 Å². The highest BCUT2D eigenvalue weighted by atomic mass is 32.2. The highest BCUT2D eigenvalue weighted by molar-refractivity contribution is 8.26. The summed E-state index contributed by atoms with van der Waals surface area (Å²) >= 11 is 0.711. The van der Waals surface area contributed by atoms with Crippen LogP contribution >= 0.6 is 11.8 Å². The first-order valence-corrected chi connectivity index (χ1v) is 5.64. The lowest BCUT2D eigenvalue weighted by Gasteiger charge is -2.20. The quantitative estimate of drug-likeness (QED) is 0.821. The molecule has 0 radical (unpaired) electrons. The lowest BCUT2D eigenvalue weighted by Crippen LogP contribution is -2.45. The summed E-state index contributed by atoms with van der Waals surface area (Å²) in [4.78, 5) is 22.7. The summed E-state index contributed by atoms with van der Waals surface area (Å²) in [7, 11) is 0. The van der Waals surface area contributed by atoms with E-state index in [1.165, 1.54) is 0 Å². The van der Waals surface area contributed by atoms with Crippen LogP contribution in [-0.2, 0) is 11.2 Å². The Bertz CT molecular complexity index is 443. The maximum absolute atomic E-state index is 11.6. The molecule has 2 N–H and O–H groups in total. The fourth-order valence-electron chi connectivity index (χ4n) is 1.64. The van der Waals surface area contributed by atoms with Crippen molar-refractivity contribution in [1.82, 2.24) is 5.32 Å². The Kier molecular flexibility index (Phi) is 2.63. The molecule has 1 aromatic carbocycles. The molecule has 1 atom stereocenters. The molecule has 1 aliphatic heterocycles. The number of rotatable bonds is 2. The van der Waals surface area contributed by atoms with E-state index in [0.29, 0.717) is 18.2 Å². The van der Waals surface area contributed by atoms with Crippen LogP contribution in [0.1, 0.15) is 12.5 Å². The Labute approximate surface area is 97.0 Å². The van der Waals surface area contributed by atoms with Crippen LogP contribution in [0.2, 0.25) is 0 Å². The summed E-state index contributed by atoms with van der Waals surface area (Å²) in [6.45, 7) is 1.71. The SMILES string of the molecule is CC1(Cc2ccc(O)cc2)NC(=O)SC1=O. The number of thioether (sulfide) groups is 1. The minimum atomic E-state index is -0.835. The second-order valence-electron chi connectivity index (χ2n) is 3.98. The first-order valence-electron chi connectivity index (χ1n) is 4.82. The lowest BCUT2D eigenvalue weighted by molar-refractivity contribution is -0.115. The largest absolute Gasteiger partial charge is 0.508 e. The van der Waals surface area contributed by atoms with Gasteiger partial charge in [0.1, 0.15) is 11.3 Å². The van der Waals surface area contributed by atoms with Crippen molar-refractivity contribution in [2.75, 3.05) is 0 Å². The van der Waals surface area contributed by atoms with E-state index in [0.717, 1.165) is 5.56 Å². The number of aromatic hydroxyl groups is 1. The summed E-state index contributed by atoms with van der Waals surface area (Å²) in [6.07, 6.45) is 0.435. The van der Waals surface area contributed by atoms with Crippen LogP contribution < -0.4 is 5.32 Å². The molecule has 1 amide bonds. The molecule has 16 heavy (non-hydrogen) atoms. The van der Waals surface area contributed by atoms with Crippen LogP contribution in [0.5, 0.6) is 5.75 Å². The molecule has 1 fully saturated rings. The zero-order valence-electron chi connectivity index (χ0n) is 8.69. The van der Waals surface area contributed by atoms with Crippen LogP contribution in [0.3, 0.4) is 0 Å². The first kappa shape index (κ1) is 11.0. The summed E-state index contributed by atoms with van der Waals surface area (Å²) < 4.78 is 0. The van der Waals surface area contributed by atoms with Gasteiger partial charge in [0.15, 0.2) is 0 Å². The number of hydrogen-bond acceptors (Lipinski definition) is 4. The van der Waals surface area contributed by atoms with E-state index in [-0.39, 0.29) is 16.1 Å². The van der Waals surface area contributed by atoms with Gasteiger partial charge in [-0.2, -0.15) is 0 Å². The Morgan fingerprint density at radius 3 is 2.44 bits per heavy atom. The standard InChI is InChI=1S/C11H11NO3S/c1-11(9(14)16-10(15)12-11)6-7-2-4-8(13)5-3-7/h2-5,13H,6H2,1H3,(H,12,15). The minimum Gasteiger partial charge on any atom is -0.508 e. The Morgan fingerprint density at radius 2 is 1.94 bits per heavy atom. The molecule has 0 bridgehead atoms. The monoisotopic (exact) mass is 237 g/mol. The summed E-state index contributed by atoms with van der Waals surface area (Å²) in [5, 5.41) is 11.3. The summed E-state index contributed by atoms with van der Waals surface area (Å²) in [5.74, 6) is 0.185. The van der Waals surface area contributed by atoms with Crippen molar-refractivity contribution in [3.05, 3.63) is 29.8 Å². The van der Waals surface area contributed by atoms with Gasteiger partial charge in [-0.15, -0.1) is 0 Å². The van der Waals surface area contributed by atoms with Crippen LogP contribution in [0, 0.1) is 0 Å². The van der Waals surface area contributed by atoms with Crippen LogP contribution in [0.4, 0.5) is 4.79 Å². The van der Waals surface area contributed by atoms with Gasteiger partial charge in [0.25, 0.3) is 5.24 Å². The van der Waals surface area contributed by atoms with Crippen molar-refractivity contribution in [3.8, 4) is 5.75 Å². The van der Waals surface area contributed by atoms with Crippen LogP contribution in [0.25, 0.3) is 0 Å². The van der Waals surface area contributed by atoms with E-state index in [9.17, 15) is 9.59 Å². The number of benzene rings is 1. The molecule has 4 nitrogen and oxygen atoms in total. The number of hydrogen-bond donors (Lipinski definition) is 2. The van der Waals surface area contributed by atoms with Gasteiger partial charge in [0, 0.05) is 18.2 Å². The van der Waals surface area contributed by atoms with Gasteiger partial charge < -0.3 is 10.4 Å². The van der Waals surface area contributed by atoms with E-state index in [4.69, 9.17) is 5.11 Å². The zero-order chi connectivity index (χ0) is 11.8. The predicted octanol–water partition coefficient (Wildman–Crippen LogP) is 1.68. The fraction of sp³-hybridized carbons (Fsp3) is 0.273. The van der Waals surface area contributed by atoms with Gasteiger partial charge >= 0.3 is 0 Å². The Balaban J connectivity index is 2.18. The van der Waals surface area contributed by atoms with E-state index < -0.39 is 5.54 Å². The molecule has 0 spiro atoms. The second-order valence-corrected chi connectivity index (χ2v) is 4.92. The van der Waals surface area contributed by atoms with Crippen LogP contribution in [-0.4, -0.2) is 21.0 Å². The fourth-order valence-corrected chi connectivity index (χ4v) is 2.43. The molecular weight excluding hydrogens is 226 g/mol. The first-order chi connectivity index (χ1) is 7.49. The summed E-state index contributed by atoms with van der Waals surface area (Å²) in [5.41, 5.74) is 0.0649. The number of carbonyl (C=O) groups is 2. The smallest absolute Gasteiger partial charge is 0.287 e. The van der Waals surface area contributed by atoms with E-state index >= 15 is 0 Å². The third-order valence-electron chi connectivity index (χ3n) is 2.51. The zero-order valence-corrected chi connectivity index (χ0v) is 9.50. The molecule has 5 heteroatoms. The third kappa shape index (κ3) is 2.04. The van der Waals surface area contributed by atoms with Crippen molar-refractivity contribution in [2.45, 2.75) is 18.9 Å². The van der Waals surface area contributed by atoms with Crippen molar-refractivity contribution >= 4 is 22.1 Å². The molecular formula is C11H11NO3S. The van der Waals surface area contributed by atoms with Crippen molar-refractivity contribution < 1.29 is 14.7 Å². The number of carbonyl (C=O) groups excluding carboxylic acids is 2. The molecule has 1 unspecified atom stereocenters. The molecule has 1 saturated heterocycles. The van der Waals surface area contributed by atoms with Crippen LogP contribution in [0.15, 0.2) is 24.3 Å². The molecule has 2 rings (SSSR count).